The fraction of sp³-hybridized carbons (Fsp3) is 0.645. The van der Waals surface area contributed by atoms with Crippen molar-refractivity contribution in [3.05, 3.63) is 51.5 Å². The summed E-state index contributed by atoms with van der Waals surface area (Å²) in [6.07, 6.45) is 0.359. The third-order valence-corrected chi connectivity index (χ3v) is 8.01. The van der Waals surface area contributed by atoms with E-state index in [2.05, 4.69) is 36.9 Å². The average molecular weight is 637 g/mol. The van der Waals surface area contributed by atoms with Crippen LogP contribution >= 0.6 is 11.3 Å². The number of nitrogens with two attached hydrogens (primary N) is 2. The first-order chi connectivity index (χ1) is 21.0. The number of aromatic nitrogens is 1. The van der Waals surface area contributed by atoms with Gasteiger partial charge in [0.2, 0.25) is 5.91 Å². The van der Waals surface area contributed by atoms with Crippen LogP contribution in [-0.2, 0) is 25.4 Å². The largest absolute Gasteiger partial charge is 0.446 e. The molecule has 5 atom stereocenters. The van der Waals surface area contributed by atoms with Crippen molar-refractivity contribution in [3.63, 3.8) is 0 Å². The Morgan fingerprint density at radius 1 is 1.05 bits per heavy atom. The molecule has 8 N–H and O–H groups in total. The van der Waals surface area contributed by atoms with Gasteiger partial charge >= 0.3 is 6.09 Å². The summed E-state index contributed by atoms with van der Waals surface area (Å²) in [6.45, 7) is 11.6. The van der Waals surface area contributed by atoms with Crippen LogP contribution in [0.15, 0.2) is 29.6 Å². The highest BCUT2D eigenvalue weighted by atomic mass is 32.1. The van der Waals surface area contributed by atoms with Crippen LogP contribution in [0.4, 0.5) is 4.79 Å². The van der Waals surface area contributed by atoms with Crippen LogP contribution in [0.1, 0.15) is 81.1 Å². The molecule has 2 rings (SSSR count). The number of nitrogens with one attached hydrogen (secondary N) is 3. The monoisotopic (exact) mass is 636 g/mol. The second kappa shape index (κ2) is 20.4. The van der Waals surface area contributed by atoms with Crippen LogP contribution in [0, 0.1) is 18.8 Å². The first-order valence-corrected chi connectivity index (χ1v) is 16.2. The molecule has 0 fully saturated rings. The number of aryl methyl sites for hydroxylation is 1. The van der Waals surface area contributed by atoms with Crippen LogP contribution in [0.5, 0.6) is 0 Å². The Morgan fingerprint density at radius 2 is 1.77 bits per heavy atom. The maximum atomic E-state index is 12.8. The maximum Gasteiger partial charge on any atom is 0.426 e. The zero-order valence-electron chi connectivity index (χ0n) is 26.7. The lowest BCUT2D eigenvalue weighted by molar-refractivity contribution is -0.125. The minimum absolute atomic E-state index is 0.0338. The molecule has 2 amide bonds. The van der Waals surface area contributed by atoms with E-state index in [9.17, 15) is 14.7 Å². The quantitative estimate of drug-likeness (QED) is 0.0717. The summed E-state index contributed by atoms with van der Waals surface area (Å²) in [6, 6.07) is 7.80. The SMILES string of the molecule is CCCOC(CC(N)C(C)C)c1nc(C(O)NC(Cc2ccc(C)cc2)CC(C)C(=O)NNC(=O)OCCOCCN)cs1. The molecule has 1 heterocycles. The van der Waals surface area contributed by atoms with Crippen molar-refractivity contribution in [1.82, 2.24) is 21.2 Å². The van der Waals surface area contributed by atoms with Gasteiger partial charge in [-0.2, -0.15) is 0 Å². The normalized spacial score (nSPS) is 14.9. The first kappa shape index (κ1) is 37.5. The van der Waals surface area contributed by atoms with Crippen molar-refractivity contribution >= 4 is 23.3 Å². The molecule has 2 aromatic rings. The topological polar surface area (TPSA) is 183 Å². The molecule has 1 aromatic carbocycles. The molecule has 0 aliphatic heterocycles. The number of aliphatic hydroxyl groups excluding tert-OH is 1. The van der Waals surface area contributed by atoms with E-state index in [1.54, 1.807) is 6.92 Å². The van der Waals surface area contributed by atoms with Crippen molar-refractivity contribution in [3.8, 4) is 0 Å². The Bertz CT molecular complexity index is 1100. The lowest BCUT2D eigenvalue weighted by Crippen LogP contribution is -2.46. The van der Waals surface area contributed by atoms with E-state index in [1.807, 2.05) is 36.6 Å². The Kier molecular flexibility index (Phi) is 17.4. The molecule has 1 aromatic heterocycles. The van der Waals surface area contributed by atoms with Gasteiger partial charge in [0.05, 0.1) is 18.9 Å². The van der Waals surface area contributed by atoms with Crippen LogP contribution in [-0.4, -0.2) is 67.1 Å². The third-order valence-electron chi connectivity index (χ3n) is 7.05. The van der Waals surface area contributed by atoms with Gasteiger partial charge in [-0.05, 0) is 44.1 Å². The molecule has 13 heteroatoms. The van der Waals surface area contributed by atoms with Crippen LogP contribution in [0.3, 0.4) is 0 Å². The summed E-state index contributed by atoms with van der Waals surface area (Å²) < 4.78 is 16.2. The standard InChI is InChI=1S/C31H52N6O6S/c1-6-12-42-27(18-25(33)20(2)3)30-35-26(19-44-30)29(39)34-24(17-23-9-7-21(4)8-10-23)16-22(5)28(38)36-37-31(40)43-15-14-41-13-11-32/h7-10,19-20,22,24-25,27,29,34,39H,6,11-18,32-33H2,1-5H3,(H,36,38)(H,37,40). The number of carbonyl (C=O) groups excluding carboxylic acids is 2. The van der Waals surface area contributed by atoms with E-state index in [0.717, 1.165) is 22.6 Å². The van der Waals surface area contributed by atoms with Crippen molar-refractivity contribution in [2.24, 2.45) is 23.3 Å². The summed E-state index contributed by atoms with van der Waals surface area (Å²) >= 11 is 1.44. The van der Waals surface area contributed by atoms with Crippen LogP contribution < -0.4 is 27.6 Å². The van der Waals surface area contributed by atoms with E-state index >= 15 is 0 Å². The van der Waals surface area contributed by atoms with Gasteiger partial charge in [0.15, 0.2) is 0 Å². The molecule has 0 saturated heterocycles. The van der Waals surface area contributed by atoms with E-state index in [0.29, 0.717) is 50.6 Å². The van der Waals surface area contributed by atoms with Crippen molar-refractivity contribution < 1.29 is 28.9 Å². The first-order valence-electron chi connectivity index (χ1n) is 15.4. The molecule has 44 heavy (non-hydrogen) atoms. The van der Waals surface area contributed by atoms with Gasteiger partial charge < -0.3 is 30.8 Å². The predicted octanol–water partition coefficient (Wildman–Crippen LogP) is 3.24. The number of hydrogen-bond acceptors (Lipinski definition) is 11. The fourth-order valence-corrected chi connectivity index (χ4v) is 5.20. The molecular formula is C31H52N6O6S. The summed E-state index contributed by atoms with van der Waals surface area (Å²) in [5.41, 5.74) is 19.0. The van der Waals surface area contributed by atoms with Crippen molar-refractivity contribution in [2.75, 3.05) is 33.0 Å². The number of hydrogen-bond donors (Lipinski definition) is 6. The second-order valence-electron chi connectivity index (χ2n) is 11.4. The number of amides is 2. The van der Waals surface area contributed by atoms with Gasteiger partial charge in [0.25, 0.3) is 0 Å². The molecule has 5 unspecified atom stereocenters. The molecule has 0 aliphatic carbocycles. The third kappa shape index (κ3) is 14.0. The van der Waals surface area contributed by atoms with Crippen LogP contribution in [0.2, 0.25) is 0 Å². The number of ether oxygens (including phenoxy) is 3. The lowest BCUT2D eigenvalue weighted by atomic mass is 9.95. The van der Waals surface area contributed by atoms with Crippen molar-refractivity contribution in [1.29, 1.82) is 0 Å². The average Bonchev–Trinajstić information content (AvgIpc) is 3.49. The Morgan fingerprint density at radius 3 is 2.43 bits per heavy atom. The van der Waals surface area contributed by atoms with Gasteiger partial charge in [0.1, 0.15) is 23.9 Å². The van der Waals surface area contributed by atoms with Crippen LogP contribution in [0.25, 0.3) is 0 Å². The number of carbonyl (C=O) groups is 2. The zero-order valence-corrected chi connectivity index (χ0v) is 27.5. The van der Waals surface area contributed by atoms with Gasteiger partial charge in [0, 0.05) is 36.5 Å². The summed E-state index contributed by atoms with van der Waals surface area (Å²) in [7, 11) is 0. The van der Waals surface area contributed by atoms with Gasteiger partial charge in [-0.3, -0.25) is 15.5 Å². The lowest BCUT2D eigenvalue weighted by Gasteiger charge is -2.25. The van der Waals surface area contributed by atoms with Gasteiger partial charge in [-0.15, -0.1) is 11.3 Å². The number of hydrazine groups is 1. The number of thiazole rings is 1. The Hall–Kier alpha value is -2.65. The zero-order chi connectivity index (χ0) is 32.5. The molecule has 0 spiro atoms. The summed E-state index contributed by atoms with van der Waals surface area (Å²) in [5, 5.41) is 17.1. The van der Waals surface area contributed by atoms with E-state index in [4.69, 9.17) is 30.7 Å². The van der Waals surface area contributed by atoms with E-state index in [1.165, 1.54) is 11.3 Å². The van der Waals surface area contributed by atoms with Gasteiger partial charge in [-0.1, -0.05) is 57.5 Å². The molecule has 0 radical (unpaired) electrons. The van der Waals surface area contributed by atoms with E-state index < -0.39 is 18.2 Å². The fourth-order valence-electron chi connectivity index (χ4n) is 4.31. The molecule has 0 bridgehead atoms. The Labute approximate surface area is 265 Å². The molecular weight excluding hydrogens is 584 g/mol. The highest BCUT2D eigenvalue weighted by Gasteiger charge is 2.26. The minimum Gasteiger partial charge on any atom is -0.446 e. The maximum absolute atomic E-state index is 12.8. The highest BCUT2D eigenvalue weighted by molar-refractivity contribution is 7.09. The predicted molar refractivity (Wildman–Crippen MR) is 172 cm³/mol. The molecule has 0 aliphatic rings. The number of nitrogens with zero attached hydrogens (tertiary/aromatic N) is 1. The second-order valence-corrected chi connectivity index (χ2v) is 12.2. The number of aliphatic hydroxyl groups is 1. The number of rotatable bonds is 20. The van der Waals surface area contributed by atoms with Crippen molar-refractivity contribution in [2.45, 2.75) is 84.7 Å². The summed E-state index contributed by atoms with van der Waals surface area (Å²) in [4.78, 5) is 29.4. The molecule has 12 nitrogen and oxygen atoms in total. The van der Waals surface area contributed by atoms with E-state index in [-0.39, 0.29) is 37.3 Å². The Balaban J connectivity index is 2.06. The molecule has 248 valence electrons. The smallest absolute Gasteiger partial charge is 0.426 e. The minimum atomic E-state index is -1.06. The number of benzene rings is 1. The summed E-state index contributed by atoms with van der Waals surface area (Å²) in [5.74, 6) is -0.591. The molecule has 0 saturated carbocycles. The van der Waals surface area contributed by atoms with Gasteiger partial charge in [-0.25, -0.2) is 15.2 Å². The highest BCUT2D eigenvalue weighted by Crippen LogP contribution is 2.29.